The number of alkyl halides is 1. The third kappa shape index (κ3) is 6.71. The molecule has 0 saturated carbocycles. The topological polar surface area (TPSA) is 285 Å². The Labute approximate surface area is 267 Å². The molecule has 0 bridgehead atoms. The maximum Gasteiger partial charge on any atom is 0.325 e. The summed E-state index contributed by atoms with van der Waals surface area (Å²) in [4.78, 5) is 45.6. The fourth-order valence-corrected chi connectivity index (χ4v) is 7.73. The average Bonchev–Trinajstić information content (AvgIpc) is 3.74. The van der Waals surface area contributed by atoms with Crippen molar-refractivity contribution in [1.82, 2.24) is 39.0 Å². The van der Waals surface area contributed by atoms with Crippen molar-refractivity contribution >= 4 is 84.3 Å². The number of anilines is 2. The molecule has 0 aromatic carbocycles. The molecule has 2 saturated heterocycles. The summed E-state index contributed by atoms with van der Waals surface area (Å²) in [6, 6.07) is 0. The van der Waals surface area contributed by atoms with E-state index in [-0.39, 0.29) is 41.8 Å². The lowest BCUT2D eigenvalue weighted by atomic mass is 10.1. The number of hydrogen-bond donors (Lipinski definition) is 8. The van der Waals surface area contributed by atoms with Crippen molar-refractivity contribution in [2.45, 2.75) is 47.4 Å². The minimum Gasteiger partial charge on any atom is -0.395 e. The number of aromatic nitrogens is 8. The van der Waals surface area contributed by atoms with Gasteiger partial charge in [-0.1, -0.05) is 12.2 Å². The van der Waals surface area contributed by atoms with Crippen LogP contribution < -0.4 is 17.0 Å². The number of imidazole rings is 2. The van der Waals surface area contributed by atoms with Crippen molar-refractivity contribution < 1.29 is 43.0 Å². The molecule has 0 aliphatic carbocycles. The third-order valence-corrected chi connectivity index (χ3v) is 9.94. The number of aliphatic hydroxyl groups excluding tert-OH is 3. The minimum atomic E-state index is -4.20. The highest BCUT2D eigenvalue weighted by Gasteiger charge is 2.49. The van der Waals surface area contributed by atoms with E-state index < -0.39 is 72.9 Å². The summed E-state index contributed by atoms with van der Waals surface area (Å²) in [5.74, 6) is -0.0989. The quantitative estimate of drug-likeness (QED) is 0.0833. The summed E-state index contributed by atoms with van der Waals surface area (Å²) in [7, 11) is -0.139. The Kier molecular flexibility index (Phi) is 10.4. The molecular weight excluding hydrogens is 701 g/mol. The monoisotopic (exact) mass is 726 g/mol. The van der Waals surface area contributed by atoms with Gasteiger partial charge in [-0.15, -0.1) is 11.8 Å². The molecule has 6 rings (SSSR count). The third-order valence-electron chi connectivity index (χ3n) is 6.83. The van der Waals surface area contributed by atoms with E-state index in [1.165, 1.54) is 28.1 Å². The second kappa shape index (κ2) is 13.8. The molecule has 45 heavy (non-hydrogen) atoms. The number of nitrogens with one attached hydrogen (secondary N) is 1. The molecule has 0 spiro atoms. The van der Waals surface area contributed by atoms with Crippen LogP contribution in [-0.4, -0.2) is 108 Å². The molecule has 9 atom stereocenters. The molecule has 19 nitrogen and oxygen atoms in total. The van der Waals surface area contributed by atoms with E-state index in [0.717, 1.165) is 11.8 Å². The van der Waals surface area contributed by atoms with Gasteiger partial charge in [0.1, 0.15) is 35.5 Å². The van der Waals surface area contributed by atoms with E-state index in [2.05, 4.69) is 42.2 Å². The zero-order valence-corrected chi connectivity index (χ0v) is 26.7. The van der Waals surface area contributed by atoms with Crippen LogP contribution in [0.1, 0.15) is 11.6 Å². The number of nitrogen functional groups attached to an aromatic ring is 2. The van der Waals surface area contributed by atoms with Gasteiger partial charge in [0.25, 0.3) is 5.56 Å². The summed E-state index contributed by atoms with van der Waals surface area (Å²) >= 11 is 9.43. The van der Waals surface area contributed by atoms with E-state index in [4.69, 9.17) is 41.6 Å². The van der Waals surface area contributed by atoms with Crippen LogP contribution in [0.25, 0.3) is 22.3 Å². The molecule has 9 N–H and O–H groups in total. The predicted octanol–water partition coefficient (Wildman–Crippen LogP) is -0.571. The van der Waals surface area contributed by atoms with E-state index in [0.29, 0.717) is 0 Å². The first-order valence-electron chi connectivity index (χ1n) is 12.6. The van der Waals surface area contributed by atoms with Gasteiger partial charge < -0.3 is 40.9 Å². The summed E-state index contributed by atoms with van der Waals surface area (Å²) in [5, 5.41) is 29.5. The van der Waals surface area contributed by atoms with Crippen LogP contribution >= 0.6 is 38.4 Å². The summed E-state index contributed by atoms with van der Waals surface area (Å²) in [6.07, 6.45) is -5.21. The number of ether oxygens (including phenoxy) is 1. The van der Waals surface area contributed by atoms with Gasteiger partial charge in [-0.05, 0) is 11.8 Å². The Hall–Kier alpha value is -2.40. The Morgan fingerprint density at radius 3 is 2.58 bits per heavy atom. The summed E-state index contributed by atoms with van der Waals surface area (Å²) in [6.45, 7) is -5.24. The number of aromatic amines is 1. The Morgan fingerprint density at radius 2 is 1.87 bits per heavy atom. The molecule has 2 fully saturated rings. The number of H-pyrrole nitrogens is 1. The van der Waals surface area contributed by atoms with Crippen molar-refractivity contribution in [2.75, 3.05) is 24.7 Å². The number of aliphatic hydroxyl groups is 3. The van der Waals surface area contributed by atoms with Crippen LogP contribution in [0.2, 0.25) is 0 Å². The van der Waals surface area contributed by atoms with E-state index in [1.54, 1.807) is 0 Å². The van der Waals surface area contributed by atoms with Crippen molar-refractivity contribution in [3.05, 3.63) is 29.3 Å². The molecule has 25 heteroatoms. The van der Waals surface area contributed by atoms with Gasteiger partial charge in [-0.25, -0.2) is 24.3 Å². The number of halogens is 1. The fraction of sp³-hybridized carbons (Fsp3) is 0.500. The standard InChI is InChI=1S/C20H24FN10O8PS2.HOPS/c21-8-11(33)6(38-18(8)30-4-26-9-14(22)24-3-25-15(9)30)2-37-40(36,41)39-13-12(34)7(1-32)42-19(13)31-5-27-10-16(31)28-20(23)29-17(10)35;1-2-3/h3-8,11-13,18-19,32-34H,1-2H2,(H,36,41)(H2,22,24,25)(H3,23,28,29,35);(H,1,3)/t6-,7-,8+,11-,12-,13-,18-,19-,40?;/m1./s1. The normalized spacial score (nSPS) is 29.6. The lowest BCUT2D eigenvalue weighted by molar-refractivity contribution is -0.0478. The highest BCUT2D eigenvalue weighted by atomic mass is 32.7. The maximum absolute atomic E-state index is 15.1. The second-order valence-corrected chi connectivity index (χ2v) is 14.3. The van der Waals surface area contributed by atoms with Crippen LogP contribution in [-0.2, 0) is 30.2 Å². The van der Waals surface area contributed by atoms with E-state index >= 15 is 4.39 Å². The number of fused-ring (bicyclic) bond motifs is 2. The van der Waals surface area contributed by atoms with Crippen molar-refractivity contribution in [2.24, 2.45) is 0 Å². The SMILES string of the molecule is Nc1nc2c(ncn2[C@@H]2S[C@H](CO)[C@@H](O)[C@H]2OP(O)(=S)OC[C@H]2O[C@@H](n3cnc4c(N)ncnc43)[C@@H](F)[C@@H]2O)c(=O)[nH]1.O=PS. The first kappa shape index (κ1) is 33.9. The van der Waals surface area contributed by atoms with Crippen molar-refractivity contribution in [3.8, 4) is 0 Å². The van der Waals surface area contributed by atoms with Crippen molar-refractivity contribution in [3.63, 3.8) is 0 Å². The largest absolute Gasteiger partial charge is 0.395 e. The maximum atomic E-state index is 15.1. The number of thiol groups is 1. The molecule has 1 unspecified atom stereocenters. The number of rotatable bonds is 8. The Bertz CT molecular complexity index is 1800. The summed E-state index contributed by atoms with van der Waals surface area (Å²) < 4.78 is 43.3. The molecule has 4 aromatic rings. The minimum absolute atomic E-state index is 0.0345. The van der Waals surface area contributed by atoms with Gasteiger partial charge in [-0.3, -0.25) is 28.0 Å². The molecule has 2 aliphatic heterocycles. The van der Waals surface area contributed by atoms with Crippen LogP contribution in [0, 0.1) is 0 Å². The van der Waals surface area contributed by atoms with Gasteiger partial charge >= 0.3 is 6.72 Å². The molecule has 0 radical (unpaired) electrons. The lowest BCUT2D eigenvalue weighted by Gasteiger charge is -2.27. The Balaban J connectivity index is 0.00000128. The van der Waals surface area contributed by atoms with E-state index in [1.807, 2.05) is 0 Å². The van der Waals surface area contributed by atoms with Crippen LogP contribution in [0.4, 0.5) is 16.2 Å². The highest BCUT2D eigenvalue weighted by molar-refractivity contribution is 8.33. The first-order valence-corrected chi connectivity index (χ1v) is 18.1. The highest BCUT2D eigenvalue weighted by Crippen LogP contribution is 2.53. The average molecular weight is 727 g/mol. The molecule has 2 aliphatic rings. The van der Waals surface area contributed by atoms with Crippen LogP contribution in [0.5, 0.6) is 0 Å². The van der Waals surface area contributed by atoms with Gasteiger partial charge in [-0.2, -0.15) is 4.98 Å². The molecule has 244 valence electrons. The zero-order valence-electron chi connectivity index (χ0n) is 22.4. The Morgan fingerprint density at radius 1 is 1.18 bits per heavy atom. The van der Waals surface area contributed by atoms with Gasteiger partial charge in [0.05, 0.1) is 37.2 Å². The number of thioether (sulfide) groups is 1. The van der Waals surface area contributed by atoms with Gasteiger partial charge in [0.15, 0.2) is 35.0 Å². The molecular formula is C20H25FN10O9P2S3. The number of nitrogens with two attached hydrogens (primary N) is 2. The number of nitrogens with zero attached hydrogens (tertiary/aromatic N) is 7. The smallest absolute Gasteiger partial charge is 0.325 e. The second-order valence-electron chi connectivity index (χ2n) is 9.51. The molecule has 0 amide bonds. The first-order chi connectivity index (χ1) is 21.4. The predicted molar refractivity (Wildman–Crippen MR) is 165 cm³/mol. The fourth-order valence-electron chi connectivity index (χ4n) is 4.81. The van der Waals surface area contributed by atoms with Crippen LogP contribution in [0.15, 0.2) is 23.8 Å². The van der Waals surface area contributed by atoms with Gasteiger partial charge in [0, 0.05) is 0 Å². The van der Waals surface area contributed by atoms with Crippen LogP contribution in [0.3, 0.4) is 0 Å². The zero-order chi connectivity index (χ0) is 32.6. The summed E-state index contributed by atoms with van der Waals surface area (Å²) in [5.41, 5.74) is 11.3. The van der Waals surface area contributed by atoms with E-state index in [9.17, 15) is 25.0 Å². The molecule has 6 heterocycles. The molecule has 4 aromatic heterocycles. The number of hydrogen-bond acceptors (Lipinski definition) is 17. The van der Waals surface area contributed by atoms with Gasteiger partial charge in [0.2, 0.25) is 13.6 Å². The van der Waals surface area contributed by atoms with Crippen molar-refractivity contribution in [1.29, 1.82) is 0 Å². The lowest BCUT2D eigenvalue weighted by Crippen LogP contribution is -2.35.